The zero-order valence-corrected chi connectivity index (χ0v) is 13.4. The van der Waals surface area contributed by atoms with E-state index in [-0.39, 0.29) is 6.17 Å². The Hall–Kier alpha value is -3.22. The molecule has 0 aliphatic carbocycles. The van der Waals surface area contributed by atoms with Crippen LogP contribution >= 0.6 is 0 Å². The molecule has 24 heavy (non-hydrogen) atoms. The fraction of sp³-hybridized carbons (Fsp3) is 0.176. The summed E-state index contributed by atoms with van der Waals surface area (Å²) in [5.41, 5.74) is 11.7. The first-order valence-corrected chi connectivity index (χ1v) is 7.72. The van der Waals surface area contributed by atoms with Crippen LogP contribution in [-0.2, 0) is 0 Å². The zero-order chi connectivity index (χ0) is 16.5. The number of aromatic nitrogens is 1. The standard InChI is InChI=1S/C17H17N7/c1-10-6-5-7-12-14(10)19-16-15(12)22-24-17(20-16)23-21-11(2)13-8-3-4-9-18-13/h3-9,16,19H,1-2H3,(H2,20,23,24)/b21-11+. The topological polar surface area (TPSA) is 86.1 Å². The molecule has 3 heterocycles. The number of hydrogen-bond donors (Lipinski definition) is 3. The number of benzene rings is 1. The molecule has 0 radical (unpaired) electrons. The third-order valence-corrected chi connectivity index (χ3v) is 3.99. The van der Waals surface area contributed by atoms with Crippen LogP contribution < -0.4 is 16.2 Å². The Labute approximate surface area is 139 Å². The van der Waals surface area contributed by atoms with Gasteiger partial charge in [0.2, 0.25) is 5.96 Å². The number of hydrogen-bond acceptors (Lipinski definition) is 7. The number of fused-ring (bicyclic) bond motifs is 3. The molecule has 0 amide bonds. The highest BCUT2D eigenvalue weighted by Crippen LogP contribution is 2.30. The van der Waals surface area contributed by atoms with E-state index in [9.17, 15) is 0 Å². The van der Waals surface area contributed by atoms with Crippen molar-refractivity contribution >= 4 is 23.1 Å². The van der Waals surface area contributed by atoms with E-state index in [0.29, 0.717) is 5.96 Å². The highest BCUT2D eigenvalue weighted by atomic mass is 15.5. The molecule has 4 rings (SSSR count). The quantitative estimate of drug-likeness (QED) is 0.582. The summed E-state index contributed by atoms with van der Waals surface area (Å²) in [5, 5.41) is 12.1. The summed E-state index contributed by atoms with van der Waals surface area (Å²) < 4.78 is 0. The molecule has 3 N–H and O–H groups in total. The van der Waals surface area contributed by atoms with Gasteiger partial charge in [-0.15, -0.1) is 0 Å². The van der Waals surface area contributed by atoms with E-state index in [1.165, 1.54) is 5.56 Å². The molecule has 0 spiro atoms. The van der Waals surface area contributed by atoms with Crippen LogP contribution in [0.1, 0.15) is 23.7 Å². The highest BCUT2D eigenvalue weighted by molar-refractivity contribution is 6.16. The first-order chi connectivity index (χ1) is 11.7. The maximum Gasteiger partial charge on any atom is 0.235 e. The van der Waals surface area contributed by atoms with E-state index in [1.54, 1.807) is 6.20 Å². The predicted molar refractivity (Wildman–Crippen MR) is 95.3 cm³/mol. The molecule has 7 nitrogen and oxygen atoms in total. The molecular weight excluding hydrogens is 302 g/mol. The Kier molecular flexibility index (Phi) is 3.45. The lowest BCUT2D eigenvalue weighted by Crippen LogP contribution is -2.40. The second kappa shape index (κ2) is 5.77. The predicted octanol–water partition coefficient (Wildman–Crippen LogP) is 1.82. The van der Waals surface area contributed by atoms with E-state index in [4.69, 9.17) is 0 Å². The van der Waals surface area contributed by atoms with Gasteiger partial charge in [-0.2, -0.15) is 10.2 Å². The molecule has 2 aliphatic heterocycles. The molecule has 1 aromatic carbocycles. The SMILES string of the molecule is C/C(=N\NC1=NC2Nc3c(C)cccc3C2=NN1)c1ccccn1. The minimum atomic E-state index is -0.199. The van der Waals surface area contributed by atoms with Crippen molar-refractivity contribution < 1.29 is 0 Å². The molecular formula is C17H17N7. The van der Waals surface area contributed by atoms with Crippen LogP contribution in [0.4, 0.5) is 5.69 Å². The van der Waals surface area contributed by atoms with Crippen molar-refractivity contribution in [1.82, 2.24) is 15.8 Å². The number of para-hydroxylation sites is 1. The van der Waals surface area contributed by atoms with Gasteiger partial charge < -0.3 is 5.32 Å². The number of aryl methyl sites for hydroxylation is 1. The molecule has 1 aromatic heterocycles. The van der Waals surface area contributed by atoms with Crippen LogP contribution in [0, 0.1) is 6.92 Å². The van der Waals surface area contributed by atoms with Gasteiger partial charge in [0.25, 0.3) is 0 Å². The van der Waals surface area contributed by atoms with E-state index < -0.39 is 0 Å². The molecule has 0 bridgehead atoms. The summed E-state index contributed by atoms with van der Waals surface area (Å²) in [5.74, 6) is 0.497. The Balaban J connectivity index is 1.51. The average Bonchev–Trinajstić information content (AvgIpc) is 3.00. The lowest BCUT2D eigenvalue weighted by molar-refractivity contribution is 0.824. The maximum absolute atomic E-state index is 4.59. The van der Waals surface area contributed by atoms with Crippen molar-refractivity contribution in [1.29, 1.82) is 0 Å². The van der Waals surface area contributed by atoms with Crippen LogP contribution in [0.25, 0.3) is 0 Å². The number of pyridine rings is 1. The molecule has 1 unspecified atom stereocenters. The van der Waals surface area contributed by atoms with Gasteiger partial charge in [0.1, 0.15) is 5.71 Å². The normalized spacial score (nSPS) is 18.6. The van der Waals surface area contributed by atoms with E-state index >= 15 is 0 Å². The van der Waals surface area contributed by atoms with Gasteiger partial charge >= 0.3 is 0 Å². The Morgan fingerprint density at radius 1 is 1.21 bits per heavy atom. The summed E-state index contributed by atoms with van der Waals surface area (Å²) in [6.07, 6.45) is 1.54. The Morgan fingerprint density at radius 3 is 2.96 bits per heavy atom. The number of guanidine groups is 1. The van der Waals surface area contributed by atoms with Crippen molar-refractivity contribution in [2.24, 2.45) is 15.2 Å². The Morgan fingerprint density at radius 2 is 2.12 bits per heavy atom. The van der Waals surface area contributed by atoms with E-state index in [2.05, 4.69) is 49.3 Å². The van der Waals surface area contributed by atoms with Crippen LogP contribution in [0.5, 0.6) is 0 Å². The van der Waals surface area contributed by atoms with Gasteiger partial charge in [0.05, 0.1) is 11.4 Å². The van der Waals surface area contributed by atoms with Gasteiger partial charge in [-0.25, -0.2) is 15.8 Å². The maximum atomic E-state index is 4.59. The van der Waals surface area contributed by atoms with Gasteiger partial charge in [-0.1, -0.05) is 24.3 Å². The van der Waals surface area contributed by atoms with Gasteiger partial charge in [-0.05, 0) is 31.5 Å². The fourth-order valence-corrected chi connectivity index (χ4v) is 2.74. The lowest BCUT2D eigenvalue weighted by Gasteiger charge is -2.16. The van der Waals surface area contributed by atoms with Crippen LogP contribution in [0.2, 0.25) is 0 Å². The van der Waals surface area contributed by atoms with Crippen LogP contribution in [0.3, 0.4) is 0 Å². The first kappa shape index (κ1) is 14.4. The molecule has 7 heteroatoms. The van der Waals surface area contributed by atoms with Gasteiger partial charge in [0.15, 0.2) is 6.17 Å². The van der Waals surface area contributed by atoms with Crippen LogP contribution in [-0.4, -0.2) is 28.5 Å². The van der Waals surface area contributed by atoms with Crippen molar-refractivity contribution in [3.8, 4) is 0 Å². The minimum absolute atomic E-state index is 0.199. The summed E-state index contributed by atoms with van der Waals surface area (Å²) in [7, 11) is 0. The van der Waals surface area contributed by atoms with Crippen molar-refractivity contribution in [3.63, 3.8) is 0 Å². The van der Waals surface area contributed by atoms with Crippen molar-refractivity contribution in [2.75, 3.05) is 5.32 Å². The summed E-state index contributed by atoms with van der Waals surface area (Å²) in [6, 6.07) is 11.9. The molecule has 2 aromatic rings. The lowest BCUT2D eigenvalue weighted by atomic mass is 10.1. The average molecular weight is 319 g/mol. The van der Waals surface area contributed by atoms with Gasteiger partial charge in [-0.3, -0.25) is 4.98 Å². The van der Waals surface area contributed by atoms with E-state index in [0.717, 1.165) is 28.4 Å². The van der Waals surface area contributed by atoms with Gasteiger partial charge in [0, 0.05) is 17.4 Å². The fourth-order valence-electron chi connectivity index (χ4n) is 2.74. The van der Waals surface area contributed by atoms with Crippen molar-refractivity contribution in [3.05, 3.63) is 59.4 Å². The summed E-state index contributed by atoms with van der Waals surface area (Å²) in [4.78, 5) is 8.85. The number of nitrogens with one attached hydrogen (secondary N) is 3. The van der Waals surface area contributed by atoms with E-state index in [1.807, 2.05) is 37.3 Å². The zero-order valence-electron chi connectivity index (χ0n) is 13.4. The van der Waals surface area contributed by atoms with Crippen LogP contribution in [0.15, 0.2) is 57.8 Å². The molecule has 0 fully saturated rings. The Bertz CT molecular complexity index is 868. The second-order valence-corrected chi connectivity index (χ2v) is 5.65. The summed E-state index contributed by atoms with van der Waals surface area (Å²) >= 11 is 0. The third-order valence-electron chi connectivity index (χ3n) is 3.99. The highest BCUT2D eigenvalue weighted by Gasteiger charge is 2.31. The number of rotatable bonds is 2. The largest absolute Gasteiger partial charge is 0.358 e. The molecule has 0 saturated carbocycles. The first-order valence-electron chi connectivity index (χ1n) is 7.72. The molecule has 120 valence electrons. The summed E-state index contributed by atoms with van der Waals surface area (Å²) in [6.45, 7) is 3.96. The second-order valence-electron chi connectivity index (χ2n) is 5.65. The number of aliphatic imine (C=N–C) groups is 1. The molecule has 2 aliphatic rings. The van der Waals surface area contributed by atoms with Crippen molar-refractivity contribution in [2.45, 2.75) is 20.0 Å². The minimum Gasteiger partial charge on any atom is -0.358 e. The molecule has 0 saturated heterocycles. The number of hydrazone groups is 2. The monoisotopic (exact) mass is 319 g/mol. The smallest absolute Gasteiger partial charge is 0.235 e. The number of nitrogens with zero attached hydrogens (tertiary/aromatic N) is 4. The third kappa shape index (κ3) is 2.50. The molecule has 1 atom stereocenters. The number of anilines is 1.